The summed E-state index contributed by atoms with van der Waals surface area (Å²) in [6, 6.07) is 14.8. The number of aromatic nitrogens is 2. The molecule has 6 heteroatoms. The summed E-state index contributed by atoms with van der Waals surface area (Å²) in [5, 5.41) is 2.79. The zero-order chi connectivity index (χ0) is 19.3. The molecule has 1 aromatic heterocycles. The molecule has 0 fully saturated rings. The Balaban J connectivity index is 1.40. The lowest BCUT2D eigenvalue weighted by molar-refractivity contribution is 0.0953. The summed E-state index contributed by atoms with van der Waals surface area (Å²) in [6.07, 6.45) is 5.60. The van der Waals surface area contributed by atoms with E-state index in [4.69, 9.17) is 0 Å². The molecule has 0 aliphatic carbocycles. The van der Waals surface area contributed by atoms with Gasteiger partial charge in [-0.25, -0.2) is 14.4 Å². The maximum Gasteiger partial charge on any atom is 0.254 e. The highest BCUT2D eigenvalue weighted by atomic mass is 19.1. The maximum atomic E-state index is 13.6. The van der Waals surface area contributed by atoms with Gasteiger partial charge in [-0.05, 0) is 42.5 Å². The second kappa shape index (κ2) is 8.17. The molecule has 0 spiro atoms. The van der Waals surface area contributed by atoms with Crippen molar-refractivity contribution in [1.82, 2.24) is 15.3 Å². The molecule has 3 aromatic rings. The van der Waals surface area contributed by atoms with Gasteiger partial charge < -0.3 is 10.2 Å². The van der Waals surface area contributed by atoms with Crippen LogP contribution in [0.5, 0.6) is 0 Å². The van der Waals surface area contributed by atoms with Crippen molar-refractivity contribution in [1.29, 1.82) is 0 Å². The van der Waals surface area contributed by atoms with Crippen LogP contribution in [0.25, 0.3) is 0 Å². The molecule has 1 amide bonds. The summed E-state index contributed by atoms with van der Waals surface area (Å²) in [6.45, 7) is 1.20. The molecule has 0 atom stereocenters. The van der Waals surface area contributed by atoms with Crippen LogP contribution in [-0.4, -0.2) is 29.0 Å². The maximum absolute atomic E-state index is 13.6. The van der Waals surface area contributed by atoms with E-state index in [0.29, 0.717) is 30.0 Å². The van der Waals surface area contributed by atoms with Gasteiger partial charge in [0.1, 0.15) is 5.82 Å². The quantitative estimate of drug-likeness (QED) is 0.738. The van der Waals surface area contributed by atoms with E-state index in [9.17, 15) is 9.18 Å². The Hall–Kier alpha value is -3.28. The molecule has 0 saturated carbocycles. The number of fused-ring (bicyclic) bond motifs is 1. The van der Waals surface area contributed by atoms with Crippen molar-refractivity contribution in [2.24, 2.45) is 0 Å². The van der Waals surface area contributed by atoms with Crippen LogP contribution in [0.3, 0.4) is 0 Å². The van der Waals surface area contributed by atoms with Gasteiger partial charge in [-0.3, -0.25) is 4.79 Å². The van der Waals surface area contributed by atoms with E-state index in [1.165, 1.54) is 24.0 Å². The summed E-state index contributed by atoms with van der Waals surface area (Å²) >= 11 is 0. The van der Waals surface area contributed by atoms with Crippen LogP contribution in [0.4, 0.5) is 16.0 Å². The zero-order valence-electron chi connectivity index (χ0n) is 15.4. The molecule has 5 nitrogen and oxygen atoms in total. The standard InChI is InChI=1S/C22H21FN4O/c23-19-9-3-1-6-16(19)11-12-24-21(28)18-14-25-22(26-15-18)27-13-5-8-17-7-2-4-10-20(17)27/h1-4,6-7,9-10,14-15H,5,8,11-13H2,(H,24,28). The van der Waals surface area contributed by atoms with E-state index in [1.807, 2.05) is 12.1 Å². The third kappa shape index (κ3) is 3.86. The van der Waals surface area contributed by atoms with E-state index in [1.54, 1.807) is 18.2 Å². The van der Waals surface area contributed by atoms with E-state index in [2.05, 4.69) is 32.3 Å². The van der Waals surface area contributed by atoms with Crippen molar-refractivity contribution in [3.05, 3.63) is 83.4 Å². The molecule has 1 N–H and O–H groups in total. The van der Waals surface area contributed by atoms with Gasteiger partial charge >= 0.3 is 0 Å². The van der Waals surface area contributed by atoms with E-state index in [0.717, 1.165) is 25.1 Å². The van der Waals surface area contributed by atoms with Crippen LogP contribution in [0.15, 0.2) is 60.9 Å². The predicted molar refractivity (Wildman–Crippen MR) is 106 cm³/mol. The first-order valence-corrected chi connectivity index (χ1v) is 9.41. The molecule has 0 unspecified atom stereocenters. The van der Waals surface area contributed by atoms with Gasteiger partial charge in [0.2, 0.25) is 5.95 Å². The van der Waals surface area contributed by atoms with Gasteiger partial charge in [-0.15, -0.1) is 0 Å². The third-order valence-electron chi connectivity index (χ3n) is 4.89. The number of nitrogens with one attached hydrogen (secondary N) is 1. The first kappa shape index (κ1) is 18.1. The molecule has 2 aromatic carbocycles. The topological polar surface area (TPSA) is 58.1 Å². The van der Waals surface area contributed by atoms with E-state index in [-0.39, 0.29) is 11.7 Å². The monoisotopic (exact) mass is 376 g/mol. The number of halogens is 1. The number of hydrogen-bond donors (Lipinski definition) is 1. The number of amides is 1. The lowest BCUT2D eigenvalue weighted by Gasteiger charge is -2.29. The number of aryl methyl sites for hydroxylation is 1. The Kier molecular flexibility index (Phi) is 5.28. The highest BCUT2D eigenvalue weighted by Crippen LogP contribution is 2.30. The first-order valence-electron chi connectivity index (χ1n) is 9.41. The molecule has 4 rings (SSSR count). The number of anilines is 2. The lowest BCUT2D eigenvalue weighted by Crippen LogP contribution is -2.28. The second-order valence-electron chi connectivity index (χ2n) is 6.75. The molecule has 0 radical (unpaired) electrons. The number of carbonyl (C=O) groups excluding carboxylic acids is 1. The Morgan fingerprint density at radius 1 is 1.07 bits per heavy atom. The molecule has 2 heterocycles. The number of rotatable bonds is 5. The van der Waals surface area contributed by atoms with E-state index < -0.39 is 0 Å². The van der Waals surface area contributed by atoms with Crippen molar-refractivity contribution in [3.63, 3.8) is 0 Å². The van der Waals surface area contributed by atoms with Crippen molar-refractivity contribution in [3.8, 4) is 0 Å². The average molecular weight is 376 g/mol. The van der Waals surface area contributed by atoms with Gasteiger partial charge in [-0.1, -0.05) is 36.4 Å². The lowest BCUT2D eigenvalue weighted by atomic mass is 10.0. The zero-order valence-corrected chi connectivity index (χ0v) is 15.4. The summed E-state index contributed by atoms with van der Waals surface area (Å²) in [7, 11) is 0. The van der Waals surface area contributed by atoms with Crippen molar-refractivity contribution >= 4 is 17.5 Å². The Bertz CT molecular complexity index is 974. The normalized spacial score (nSPS) is 13.1. The minimum absolute atomic E-state index is 0.258. The van der Waals surface area contributed by atoms with Crippen molar-refractivity contribution in [2.75, 3.05) is 18.0 Å². The summed E-state index contributed by atoms with van der Waals surface area (Å²) in [4.78, 5) is 23.2. The molecule has 0 saturated heterocycles. The van der Waals surface area contributed by atoms with Crippen LogP contribution in [0.2, 0.25) is 0 Å². The Morgan fingerprint density at radius 3 is 2.64 bits per heavy atom. The molecule has 142 valence electrons. The molecule has 28 heavy (non-hydrogen) atoms. The molecular weight excluding hydrogens is 355 g/mol. The number of para-hydroxylation sites is 1. The SMILES string of the molecule is O=C(NCCc1ccccc1F)c1cnc(N2CCCc3ccccc32)nc1. The van der Waals surface area contributed by atoms with Gasteiger partial charge in [0.15, 0.2) is 0 Å². The predicted octanol–water partition coefficient (Wildman–Crippen LogP) is 3.67. The molecule has 0 bridgehead atoms. The van der Waals surface area contributed by atoms with Crippen molar-refractivity contribution < 1.29 is 9.18 Å². The summed E-state index contributed by atoms with van der Waals surface area (Å²) < 4.78 is 13.6. The van der Waals surface area contributed by atoms with Crippen LogP contribution in [0, 0.1) is 5.82 Å². The summed E-state index contributed by atoms with van der Waals surface area (Å²) in [5.74, 6) is 0.0724. The largest absolute Gasteiger partial charge is 0.352 e. The second-order valence-corrected chi connectivity index (χ2v) is 6.75. The fourth-order valence-corrected chi connectivity index (χ4v) is 3.43. The highest BCUT2D eigenvalue weighted by Gasteiger charge is 2.20. The van der Waals surface area contributed by atoms with Crippen molar-refractivity contribution in [2.45, 2.75) is 19.3 Å². The van der Waals surface area contributed by atoms with Crippen LogP contribution in [-0.2, 0) is 12.8 Å². The van der Waals surface area contributed by atoms with Crippen LogP contribution in [0.1, 0.15) is 27.9 Å². The minimum Gasteiger partial charge on any atom is -0.352 e. The first-order chi connectivity index (χ1) is 13.7. The van der Waals surface area contributed by atoms with Gasteiger partial charge in [0.25, 0.3) is 5.91 Å². The molecule has 1 aliphatic rings. The average Bonchev–Trinajstić information content (AvgIpc) is 2.75. The van der Waals surface area contributed by atoms with Crippen LogP contribution < -0.4 is 10.2 Å². The molecule has 1 aliphatic heterocycles. The third-order valence-corrected chi connectivity index (χ3v) is 4.89. The fourth-order valence-electron chi connectivity index (χ4n) is 3.43. The Labute approximate surface area is 163 Å². The van der Waals surface area contributed by atoms with Crippen LogP contribution >= 0.6 is 0 Å². The van der Waals surface area contributed by atoms with Gasteiger partial charge in [-0.2, -0.15) is 0 Å². The van der Waals surface area contributed by atoms with Gasteiger partial charge in [0, 0.05) is 31.2 Å². The highest BCUT2D eigenvalue weighted by molar-refractivity contribution is 5.93. The number of nitrogens with zero attached hydrogens (tertiary/aromatic N) is 3. The number of benzene rings is 2. The number of carbonyl (C=O) groups is 1. The summed E-state index contributed by atoms with van der Waals surface area (Å²) in [5.41, 5.74) is 3.38. The molecular formula is C22H21FN4O. The Morgan fingerprint density at radius 2 is 1.82 bits per heavy atom. The minimum atomic E-state index is -0.262. The fraction of sp³-hybridized carbons (Fsp3) is 0.227. The smallest absolute Gasteiger partial charge is 0.254 e. The van der Waals surface area contributed by atoms with Gasteiger partial charge in [0.05, 0.1) is 5.56 Å². The number of hydrogen-bond acceptors (Lipinski definition) is 4. The van der Waals surface area contributed by atoms with E-state index >= 15 is 0 Å².